The average molecular weight is 500 g/mol. The highest BCUT2D eigenvalue weighted by Gasteiger charge is 2.27. The quantitative estimate of drug-likeness (QED) is 0.455. The lowest BCUT2D eigenvalue weighted by Gasteiger charge is -2.33. The first kappa shape index (κ1) is 27.3. The number of aliphatic carboxylic acids is 1. The van der Waals surface area contributed by atoms with E-state index in [0.29, 0.717) is 32.1 Å². The number of hydrogen-bond donors (Lipinski definition) is 1. The number of piperidine rings is 1. The molecule has 1 N–H and O–H groups in total. The predicted molar refractivity (Wildman–Crippen MR) is 135 cm³/mol. The van der Waals surface area contributed by atoms with Gasteiger partial charge >= 0.3 is 12.1 Å². The van der Waals surface area contributed by atoms with Crippen molar-refractivity contribution in [2.75, 3.05) is 19.7 Å². The maximum Gasteiger partial charge on any atom is 0.410 e. The summed E-state index contributed by atoms with van der Waals surface area (Å²) in [5, 5.41) is 9.10. The molecule has 8 nitrogen and oxygen atoms in total. The third kappa shape index (κ3) is 8.75. The number of carboxylic acids is 1. The van der Waals surface area contributed by atoms with Crippen molar-refractivity contribution in [3.8, 4) is 11.5 Å². The van der Waals surface area contributed by atoms with Crippen LogP contribution in [0.5, 0.6) is 11.5 Å². The van der Waals surface area contributed by atoms with Gasteiger partial charge in [-0.15, -0.1) is 0 Å². The molecule has 1 unspecified atom stereocenters. The molecule has 1 atom stereocenters. The molecular formula is C28H37NO7. The molecule has 0 aromatic heterocycles. The summed E-state index contributed by atoms with van der Waals surface area (Å²) in [5.74, 6) is 0.560. The zero-order valence-electron chi connectivity index (χ0n) is 21.6. The molecule has 1 fully saturated rings. The van der Waals surface area contributed by atoms with Crippen LogP contribution in [0.3, 0.4) is 0 Å². The maximum atomic E-state index is 12.3. The Hall–Kier alpha value is -3.26. The minimum absolute atomic E-state index is 0.0384. The molecule has 3 rings (SSSR count). The van der Waals surface area contributed by atoms with Crippen LogP contribution in [0.1, 0.15) is 64.2 Å². The summed E-state index contributed by atoms with van der Waals surface area (Å²) < 4.78 is 23.1. The fourth-order valence-electron chi connectivity index (χ4n) is 3.96. The number of amides is 1. The van der Waals surface area contributed by atoms with E-state index in [4.69, 9.17) is 24.1 Å². The van der Waals surface area contributed by atoms with Crippen molar-refractivity contribution in [3.05, 3.63) is 59.7 Å². The van der Waals surface area contributed by atoms with Crippen molar-refractivity contribution in [1.82, 2.24) is 4.90 Å². The molecule has 196 valence electrons. The zero-order chi connectivity index (χ0) is 26.1. The van der Waals surface area contributed by atoms with Gasteiger partial charge in [-0.3, -0.25) is 4.79 Å². The molecule has 0 radical (unpaired) electrons. The molecule has 0 aliphatic carbocycles. The Balaban J connectivity index is 1.49. The van der Waals surface area contributed by atoms with E-state index >= 15 is 0 Å². The summed E-state index contributed by atoms with van der Waals surface area (Å²) in [5.41, 5.74) is 1.28. The van der Waals surface area contributed by atoms with Gasteiger partial charge in [0.05, 0.1) is 12.5 Å². The van der Waals surface area contributed by atoms with Crippen LogP contribution in [0.25, 0.3) is 0 Å². The number of benzene rings is 2. The van der Waals surface area contributed by atoms with Crippen LogP contribution in [-0.4, -0.2) is 53.5 Å². The highest BCUT2D eigenvalue weighted by molar-refractivity contribution is 5.68. The van der Waals surface area contributed by atoms with E-state index in [2.05, 4.69) is 0 Å². The molecule has 1 amide bonds. The molecule has 2 aromatic carbocycles. The van der Waals surface area contributed by atoms with Crippen LogP contribution in [0.4, 0.5) is 4.79 Å². The third-order valence-electron chi connectivity index (χ3n) is 5.68. The van der Waals surface area contributed by atoms with Gasteiger partial charge in [-0.1, -0.05) is 24.3 Å². The highest BCUT2D eigenvalue weighted by atomic mass is 16.6. The van der Waals surface area contributed by atoms with Crippen LogP contribution in [0.15, 0.2) is 48.5 Å². The van der Waals surface area contributed by atoms with Gasteiger partial charge in [0, 0.05) is 32.5 Å². The van der Waals surface area contributed by atoms with Crippen LogP contribution in [-0.2, 0) is 20.9 Å². The van der Waals surface area contributed by atoms with E-state index in [1.165, 1.54) is 0 Å². The number of hydrogen-bond acceptors (Lipinski definition) is 6. The number of carboxylic acid groups (broad SMARTS) is 1. The molecule has 1 aliphatic heterocycles. The Morgan fingerprint density at radius 2 is 1.75 bits per heavy atom. The molecule has 0 saturated carbocycles. The fourth-order valence-corrected chi connectivity index (χ4v) is 3.96. The Kier molecular flexibility index (Phi) is 9.58. The maximum absolute atomic E-state index is 12.3. The number of nitrogens with zero attached hydrogens (tertiary/aromatic N) is 1. The number of carbonyl (C=O) groups excluding carboxylic acids is 1. The lowest BCUT2D eigenvalue weighted by molar-refractivity contribution is -0.140. The number of carbonyl (C=O) groups is 2. The van der Waals surface area contributed by atoms with E-state index in [0.717, 1.165) is 29.7 Å². The summed E-state index contributed by atoms with van der Waals surface area (Å²) in [6.45, 7) is 9.47. The van der Waals surface area contributed by atoms with E-state index in [9.17, 15) is 9.59 Å². The molecule has 8 heteroatoms. The Morgan fingerprint density at radius 1 is 1.06 bits per heavy atom. The number of ether oxygens (including phenoxy) is 4. The SMILES string of the molecule is CCOC(CC(=O)O)c1ccc(OCc2cccc(OC3CCN(C(=O)OC(C)(C)C)CC3)c2)cc1. The minimum Gasteiger partial charge on any atom is -0.490 e. The molecule has 1 saturated heterocycles. The van der Waals surface area contributed by atoms with Gasteiger partial charge in [0.25, 0.3) is 0 Å². The van der Waals surface area contributed by atoms with Crippen molar-refractivity contribution < 1.29 is 33.6 Å². The van der Waals surface area contributed by atoms with Crippen LogP contribution < -0.4 is 9.47 Å². The second-order valence-corrected chi connectivity index (χ2v) is 9.83. The van der Waals surface area contributed by atoms with Crippen LogP contribution in [0, 0.1) is 0 Å². The van der Waals surface area contributed by atoms with Crippen molar-refractivity contribution in [3.63, 3.8) is 0 Å². The van der Waals surface area contributed by atoms with E-state index in [1.54, 1.807) is 4.90 Å². The van der Waals surface area contributed by atoms with Crippen LogP contribution in [0.2, 0.25) is 0 Å². The Morgan fingerprint density at radius 3 is 2.36 bits per heavy atom. The normalized spacial score (nSPS) is 15.3. The summed E-state index contributed by atoms with van der Waals surface area (Å²) in [6.07, 6.45) is 0.695. The van der Waals surface area contributed by atoms with Crippen molar-refractivity contribution >= 4 is 12.1 Å². The molecule has 1 heterocycles. The second-order valence-electron chi connectivity index (χ2n) is 9.83. The summed E-state index contributed by atoms with van der Waals surface area (Å²) in [7, 11) is 0. The van der Waals surface area contributed by atoms with Gasteiger partial charge in [0.1, 0.15) is 29.8 Å². The number of rotatable bonds is 10. The van der Waals surface area contributed by atoms with Gasteiger partial charge in [-0.25, -0.2) is 4.79 Å². The molecule has 2 aromatic rings. The lowest BCUT2D eigenvalue weighted by Crippen LogP contribution is -2.44. The Bertz CT molecular complexity index is 992. The first-order chi connectivity index (χ1) is 17.1. The summed E-state index contributed by atoms with van der Waals surface area (Å²) in [4.78, 5) is 25.1. The number of likely N-dealkylation sites (tertiary alicyclic amines) is 1. The lowest BCUT2D eigenvalue weighted by atomic mass is 10.1. The average Bonchev–Trinajstić information content (AvgIpc) is 2.82. The third-order valence-corrected chi connectivity index (χ3v) is 5.68. The molecule has 36 heavy (non-hydrogen) atoms. The highest BCUT2D eigenvalue weighted by Crippen LogP contribution is 2.25. The van der Waals surface area contributed by atoms with Gasteiger partial charge in [-0.2, -0.15) is 0 Å². The molecule has 0 spiro atoms. The Labute approximate surface area is 213 Å². The van der Waals surface area contributed by atoms with Gasteiger partial charge < -0.3 is 29.0 Å². The summed E-state index contributed by atoms with van der Waals surface area (Å²) in [6, 6.07) is 15.1. The monoisotopic (exact) mass is 499 g/mol. The summed E-state index contributed by atoms with van der Waals surface area (Å²) >= 11 is 0. The zero-order valence-corrected chi connectivity index (χ0v) is 21.6. The topological polar surface area (TPSA) is 94.5 Å². The van der Waals surface area contributed by atoms with E-state index in [1.807, 2.05) is 76.2 Å². The standard InChI is InChI=1S/C28H37NO7/c1-5-33-25(18-26(30)31)21-9-11-22(12-10-21)34-19-20-7-6-8-24(17-20)35-23-13-15-29(16-14-23)27(32)36-28(2,3)4/h6-12,17,23,25H,5,13-16,18-19H2,1-4H3,(H,30,31). The molecule has 1 aliphatic rings. The van der Waals surface area contributed by atoms with Crippen molar-refractivity contribution in [2.45, 2.75) is 71.4 Å². The first-order valence-electron chi connectivity index (χ1n) is 12.4. The fraction of sp³-hybridized carbons (Fsp3) is 0.500. The smallest absolute Gasteiger partial charge is 0.410 e. The first-order valence-corrected chi connectivity index (χ1v) is 12.4. The molecule has 0 bridgehead atoms. The van der Waals surface area contributed by atoms with Gasteiger partial charge in [0.15, 0.2) is 0 Å². The van der Waals surface area contributed by atoms with Crippen molar-refractivity contribution in [2.24, 2.45) is 0 Å². The van der Waals surface area contributed by atoms with E-state index < -0.39 is 17.7 Å². The largest absolute Gasteiger partial charge is 0.490 e. The predicted octanol–water partition coefficient (Wildman–Crippen LogP) is 5.60. The minimum atomic E-state index is -0.899. The van der Waals surface area contributed by atoms with Gasteiger partial charge in [-0.05, 0) is 63.1 Å². The molecular weight excluding hydrogens is 462 g/mol. The van der Waals surface area contributed by atoms with Crippen molar-refractivity contribution in [1.29, 1.82) is 0 Å². The van der Waals surface area contributed by atoms with Gasteiger partial charge in [0.2, 0.25) is 0 Å². The van der Waals surface area contributed by atoms with Crippen LogP contribution >= 0.6 is 0 Å². The second kappa shape index (κ2) is 12.6. The van der Waals surface area contributed by atoms with E-state index in [-0.39, 0.29) is 18.6 Å².